The van der Waals surface area contributed by atoms with Crippen LogP contribution >= 0.6 is 11.6 Å². The monoisotopic (exact) mass is 412 g/mol. The van der Waals surface area contributed by atoms with E-state index in [1.807, 2.05) is 6.92 Å². The number of hydrogen-bond acceptors (Lipinski definition) is 5. The van der Waals surface area contributed by atoms with E-state index in [-0.39, 0.29) is 22.3 Å². The molecule has 1 heterocycles. The van der Waals surface area contributed by atoms with Crippen molar-refractivity contribution in [2.24, 2.45) is 11.0 Å². The average Bonchev–Trinajstić information content (AvgIpc) is 2.97. The van der Waals surface area contributed by atoms with Crippen LogP contribution in [0.1, 0.15) is 12.5 Å². The standard InChI is InChI=1S/C17H17ClN2O4S2/c1-12-11-20(26(23,24)16-9-5-14(18)6-10-16)19-17(12)13-3-7-15(8-4-13)25(2,21)22/h3-10,12H,11H2,1-2H3. The van der Waals surface area contributed by atoms with E-state index in [4.69, 9.17) is 11.6 Å². The first kappa shape index (κ1) is 18.9. The lowest BCUT2D eigenvalue weighted by molar-refractivity contribution is 0.439. The normalized spacial score (nSPS) is 18.0. The van der Waals surface area contributed by atoms with Crippen LogP contribution in [-0.4, -0.2) is 39.8 Å². The van der Waals surface area contributed by atoms with Crippen molar-refractivity contribution >= 4 is 37.2 Å². The number of hydrogen-bond donors (Lipinski definition) is 0. The molecule has 6 nitrogen and oxygen atoms in total. The third kappa shape index (κ3) is 3.62. The highest BCUT2D eigenvalue weighted by Gasteiger charge is 2.32. The lowest BCUT2D eigenvalue weighted by Crippen LogP contribution is -2.25. The van der Waals surface area contributed by atoms with Gasteiger partial charge in [0.1, 0.15) is 0 Å². The third-order valence-corrected chi connectivity index (χ3v) is 7.12. The van der Waals surface area contributed by atoms with Crippen molar-refractivity contribution < 1.29 is 16.8 Å². The minimum absolute atomic E-state index is 0.117. The van der Waals surface area contributed by atoms with Crippen LogP contribution in [0, 0.1) is 5.92 Å². The van der Waals surface area contributed by atoms with Gasteiger partial charge in [-0.3, -0.25) is 0 Å². The third-order valence-electron chi connectivity index (χ3n) is 4.08. The molecule has 2 aromatic carbocycles. The minimum atomic E-state index is -3.77. The van der Waals surface area contributed by atoms with E-state index in [9.17, 15) is 16.8 Å². The predicted octanol–water partition coefficient (Wildman–Crippen LogP) is 2.79. The molecule has 0 saturated heterocycles. The molecule has 9 heteroatoms. The van der Waals surface area contributed by atoms with Gasteiger partial charge < -0.3 is 0 Å². The van der Waals surface area contributed by atoms with Crippen LogP contribution in [0.2, 0.25) is 5.02 Å². The zero-order chi connectivity index (χ0) is 19.1. The molecule has 0 bridgehead atoms. The van der Waals surface area contributed by atoms with Gasteiger partial charge in [0.05, 0.1) is 22.0 Å². The molecular formula is C17H17ClN2O4S2. The summed E-state index contributed by atoms with van der Waals surface area (Å²) in [5.41, 5.74) is 1.29. The Balaban J connectivity index is 1.94. The molecule has 3 rings (SSSR count). The fourth-order valence-electron chi connectivity index (χ4n) is 2.68. The van der Waals surface area contributed by atoms with Gasteiger partial charge in [-0.1, -0.05) is 30.7 Å². The Hall–Kier alpha value is -1.90. The molecule has 26 heavy (non-hydrogen) atoms. The molecule has 1 unspecified atom stereocenters. The number of nitrogens with zero attached hydrogens (tertiary/aromatic N) is 2. The van der Waals surface area contributed by atoms with E-state index in [0.717, 1.165) is 10.7 Å². The van der Waals surface area contributed by atoms with Crippen LogP contribution in [0.5, 0.6) is 0 Å². The van der Waals surface area contributed by atoms with E-state index >= 15 is 0 Å². The second kappa shape index (κ2) is 6.68. The zero-order valence-electron chi connectivity index (χ0n) is 14.1. The average molecular weight is 413 g/mol. The first-order chi connectivity index (χ1) is 12.1. The molecule has 1 atom stereocenters. The summed E-state index contributed by atoms with van der Waals surface area (Å²) in [7, 11) is -7.06. The van der Waals surface area contributed by atoms with Gasteiger partial charge >= 0.3 is 0 Å². The smallest absolute Gasteiger partial charge is 0.224 e. The number of rotatable bonds is 4. The maximum absolute atomic E-state index is 12.8. The van der Waals surface area contributed by atoms with E-state index < -0.39 is 19.9 Å². The van der Waals surface area contributed by atoms with Crippen LogP contribution < -0.4 is 0 Å². The summed E-state index contributed by atoms with van der Waals surface area (Å²) in [5.74, 6) is -0.124. The van der Waals surface area contributed by atoms with Crippen LogP contribution in [0.25, 0.3) is 0 Å². The van der Waals surface area contributed by atoms with Gasteiger partial charge in [-0.2, -0.15) is 17.9 Å². The van der Waals surface area contributed by atoms with E-state index in [2.05, 4.69) is 5.10 Å². The highest BCUT2D eigenvalue weighted by atomic mass is 35.5. The lowest BCUT2D eigenvalue weighted by atomic mass is 10.00. The minimum Gasteiger partial charge on any atom is -0.224 e. The first-order valence-corrected chi connectivity index (χ1v) is 11.5. The van der Waals surface area contributed by atoms with Crippen LogP contribution in [0.4, 0.5) is 0 Å². The Morgan fingerprint density at radius 2 is 1.50 bits per heavy atom. The molecule has 0 aromatic heterocycles. The van der Waals surface area contributed by atoms with Crippen molar-refractivity contribution in [3.63, 3.8) is 0 Å². The van der Waals surface area contributed by atoms with Gasteiger partial charge in [0.2, 0.25) is 0 Å². The van der Waals surface area contributed by atoms with Crippen molar-refractivity contribution in [2.75, 3.05) is 12.8 Å². The SMILES string of the molecule is CC1CN(S(=O)(=O)c2ccc(Cl)cc2)N=C1c1ccc(S(C)(=O)=O)cc1. The van der Waals surface area contributed by atoms with Crippen molar-refractivity contribution in [3.05, 3.63) is 59.1 Å². The van der Waals surface area contributed by atoms with Gasteiger partial charge in [-0.05, 0) is 42.0 Å². The Bertz CT molecular complexity index is 1060. The molecule has 0 N–H and O–H groups in total. The summed E-state index contributed by atoms with van der Waals surface area (Å²) >= 11 is 5.81. The summed E-state index contributed by atoms with van der Waals surface area (Å²) in [6.45, 7) is 2.09. The molecule has 0 spiro atoms. The zero-order valence-corrected chi connectivity index (χ0v) is 16.5. The summed E-state index contributed by atoms with van der Waals surface area (Å²) in [6, 6.07) is 12.2. The Morgan fingerprint density at radius 1 is 0.962 bits per heavy atom. The molecule has 138 valence electrons. The van der Waals surface area contributed by atoms with Crippen molar-refractivity contribution in [1.29, 1.82) is 0 Å². The van der Waals surface area contributed by atoms with Crippen molar-refractivity contribution in [1.82, 2.24) is 4.41 Å². The van der Waals surface area contributed by atoms with Gasteiger partial charge in [0, 0.05) is 17.2 Å². The maximum Gasteiger partial charge on any atom is 0.279 e. The highest BCUT2D eigenvalue weighted by Crippen LogP contribution is 2.26. The quantitative estimate of drug-likeness (QED) is 0.772. The molecular weight excluding hydrogens is 396 g/mol. The Labute approximate surface area is 158 Å². The van der Waals surface area contributed by atoms with Crippen LogP contribution in [0.3, 0.4) is 0 Å². The number of sulfone groups is 1. The van der Waals surface area contributed by atoms with Crippen molar-refractivity contribution in [2.45, 2.75) is 16.7 Å². The first-order valence-electron chi connectivity index (χ1n) is 7.76. The van der Waals surface area contributed by atoms with E-state index in [1.165, 1.54) is 36.4 Å². The summed E-state index contributed by atoms with van der Waals surface area (Å²) in [6.07, 6.45) is 1.14. The Morgan fingerprint density at radius 3 is 2.04 bits per heavy atom. The van der Waals surface area contributed by atoms with Gasteiger partial charge in [0.15, 0.2) is 9.84 Å². The number of halogens is 1. The molecule has 2 aromatic rings. The lowest BCUT2D eigenvalue weighted by Gasteiger charge is -2.14. The van der Waals surface area contributed by atoms with Crippen molar-refractivity contribution in [3.8, 4) is 0 Å². The summed E-state index contributed by atoms with van der Waals surface area (Å²) < 4.78 is 49.7. The van der Waals surface area contributed by atoms with Gasteiger partial charge in [-0.15, -0.1) is 0 Å². The van der Waals surface area contributed by atoms with Gasteiger partial charge in [0.25, 0.3) is 10.0 Å². The fourth-order valence-corrected chi connectivity index (χ4v) is 4.77. The topological polar surface area (TPSA) is 83.9 Å². The highest BCUT2D eigenvalue weighted by molar-refractivity contribution is 7.90. The van der Waals surface area contributed by atoms with Crippen LogP contribution in [0.15, 0.2) is 63.4 Å². The fraction of sp³-hybridized carbons (Fsp3) is 0.235. The number of hydrazone groups is 1. The molecule has 0 saturated carbocycles. The maximum atomic E-state index is 12.8. The molecule has 0 radical (unpaired) electrons. The summed E-state index contributed by atoms with van der Waals surface area (Å²) in [5, 5.41) is 4.73. The Kier molecular flexibility index (Phi) is 4.85. The van der Waals surface area contributed by atoms with Crippen LogP contribution in [-0.2, 0) is 19.9 Å². The largest absolute Gasteiger partial charge is 0.279 e. The summed E-state index contributed by atoms with van der Waals surface area (Å²) in [4.78, 5) is 0.324. The second-order valence-corrected chi connectivity index (χ2v) is 10.4. The predicted molar refractivity (Wildman–Crippen MR) is 101 cm³/mol. The second-order valence-electron chi connectivity index (χ2n) is 6.15. The van der Waals surface area contributed by atoms with E-state index in [1.54, 1.807) is 12.1 Å². The number of sulfonamides is 1. The van der Waals surface area contributed by atoms with Gasteiger partial charge in [-0.25, -0.2) is 8.42 Å². The number of benzene rings is 2. The molecule has 0 fully saturated rings. The molecule has 1 aliphatic rings. The van der Waals surface area contributed by atoms with E-state index in [0.29, 0.717) is 16.3 Å². The molecule has 0 amide bonds. The molecule has 0 aliphatic carbocycles. The molecule has 1 aliphatic heterocycles.